The molecule has 1 aliphatic rings. The Hall–Kier alpha value is -0.820. The fourth-order valence-electron chi connectivity index (χ4n) is 2.26. The van der Waals surface area contributed by atoms with Crippen LogP contribution in [0.5, 0.6) is 0 Å². The van der Waals surface area contributed by atoms with E-state index in [0.717, 1.165) is 0 Å². The highest BCUT2D eigenvalue weighted by Gasteiger charge is 2.20. The van der Waals surface area contributed by atoms with Gasteiger partial charge in [0.15, 0.2) is 0 Å². The van der Waals surface area contributed by atoms with Crippen molar-refractivity contribution in [2.45, 2.75) is 25.3 Å². The fraction of sp³-hybridized carbons (Fsp3) is 0.500. The predicted molar refractivity (Wildman–Crippen MR) is 55.8 cm³/mol. The zero-order chi connectivity index (χ0) is 9.26. The summed E-state index contributed by atoms with van der Waals surface area (Å²) in [4.78, 5) is 2.33. The molecule has 0 bridgehead atoms. The molecule has 0 amide bonds. The summed E-state index contributed by atoms with van der Waals surface area (Å²) in [6, 6.07) is 9.49. The van der Waals surface area contributed by atoms with Gasteiger partial charge in [0.1, 0.15) is 0 Å². The topological polar surface area (TPSA) is 3.24 Å². The minimum Gasteiger partial charge on any atom is -0.302 e. The van der Waals surface area contributed by atoms with Gasteiger partial charge in [-0.1, -0.05) is 24.3 Å². The highest BCUT2D eigenvalue weighted by atomic mass is 15.1. The molecular weight excluding hydrogens is 158 g/mol. The van der Waals surface area contributed by atoms with Gasteiger partial charge in [-0.05, 0) is 44.5 Å². The van der Waals surface area contributed by atoms with Crippen LogP contribution in [0.25, 0.3) is 0 Å². The van der Waals surface area contributed by atoms with Crippen molar-refractivity contribution in [3.05, 3.63) is 35.4 Å². The number of aryl methyl sites for hydroxylation is 1. The summed E-state index contributed by atoms with van der Waals surface area (Å²) in [7, 11) is 4.35. The van der Waals surface area contributed by atoms with E-state index in [9.17, 15) is 0 Å². The molecule has 0 N–H and O–H groups in total. The van der Waals surface area contributed by atoms with Crippen LogP contribution in [0.2, 0.25) is 0 Å². The van der Waals surface area contributed by atoms with Crippen molar-refractivity contribution in [3.63, 3.8) is 0 Å². The van der Waals surface area contributed by atoms with Crippen LogP contribution in [-0.2, 0) is 6.42 Å². The van der Waals surface area contributed by atoms with E-state index in [1.807, 2.05) is 0 Å². The van der Waals surface area contributed by atoms with Gasteiger partial charge in [0, 0.05) is 6.04 Å². The Morgan fingerprint density at radius 2 is 2.00 bits per heavy atom. The number of hydrogen-bond donors (Lipinski definition) is 0. The molecule has 0 radical (unpaired) electrons. The summed E-state index contributed by atoms with van der Waals surface area (Å²) < 4.78 is 0. The van der Waals surface area contributed by atoms with Gasteiger partial charge in [0.05, 0.1) is 0 Å². The second kappa shape index (κ2) is 3.51. The largest absolute Gasteiger partial charge is 0.302 e. The molecule has 1 heteroatoms. The van der Waals surface area contributed by atoms with Crippen LogP contribution in [0.4, 0.5) is 0 Å². The van der Waals surface area contributed by atoms with Crippen LogP contribution in [0.1, 0.15) is 30.0 Å². The lowest BCUT2D eigenvalue weighted by Gasteiger charge is -2.30. The van der Waals surface area contributed by atoms with Crippen LogP contribution in [-0.4, -0.2) is 19.0 Å². The molecule has 1 atom stereocenters. The smallest absolute Gasteiger partial charge is 0.0344 e. The van der Waals surface area contributed by atoms with Crippen LogP contribution in [0.3, 0.4) is 0 Å². The van der Waals surface area contributed by atoms with E-state index < -0.39 is 0 Å². The van der Waals surface area contributed by atoms with E-state index in [2.05, 4.69) is 43.3 Å². The molecule has 0 aliphatic heterocycles. The lowest BCUT2D eigenvalue weighted by molar-refractivity contribution is 0.268. The normalized spacial score (nSPS) is 21.6. The molecule has 0 saturated carbocycles. The Labute approximate surface area is 80.4 Å². The maximum atomic E-state index is 2.33. The van der Waals surface area contributed by atoms with Crippen molar-refractivity contribution in [2.75, 3.05) is 14.1 Å². The average molecular weight is 175 g/mol. The van der Waals surface area contributed by atoms with Gasteiger partial charge in [-0.25, -0.2) is 0 Å². The van der Waals surface area contributed by atoms with E-state index in [4.69, 9.17) is 0 Å². The first-order valence-electron chi connectivity index (χ1n) is 5.03. The fourth-order valence-corrected chi connectivity index (χ4v) is 2.26. The van der Waals surface area contributed by atoms with Crippen LogP contribution in [0.15, 0.2) is 24.3 Å². The maximum Gasteiger partial charge on any atom is 0.0344 e. The van der Waals surface area contributed by atoms with Gasteiger partial charge in [0.25, 0.3) is 0 Å². The summed E-state index contributed by atoms with van der Waals surface area (Å²) >= 11 is 0. The Morgan fingerprint density at radius 3 is 2.77 bits per heavy atom. The lowest BCUT2D eigenvalue weighted by Crippen LogP contribution is -2.23. The minimum atomic E-state index is 0.643. The van der Waals surface area contributed by atoms with E-state index in [-0.39, 0.29) is 0 Å². The van der Waals surface area contributed by atoms with Crippen molar-refractivity contribution in [1.82, 2.24) is 4.90 Å². The predicted octanol–water partition coefficient (Wildman–Crippen LogP) is 2.63. The summed E-state index contributed by atoms with van der Waals surface area (Å²) in [6.45, 7) is 0. The zero-order valence-corrected chi connectivity index (χ0v) is 8.46. The van der Waals surface area contributed by atoms with Crippen molar-refractivity contribution in [1.29, 1.82) is 0 Å². The summed E-state index contributed by atoms with van der Waals surface area (Å²) in [5.41, 5.74) is 3.09. The van der Waals surface area contributed by atoms with Crippen LogP contribution < -0.4 is 0 Å². The van der Waals surface area contributed by atoms with Gasteiger partial charge in [0.2, 0.25) is 0 Å². The molecule has 1 aliphatic carbocycles. The number of nitrogens with zero attached hydrogens (tertiary/aromatic N) is 1. The molecule has 0 heterocycles. The highest BCUT2D eigenvalue weighted by molar-refractivity contribution is 5.32. The van der Waals surface area contributed by atoms with Gasteiger partial charge in [-0.15, -0.1) is 0 Å². The van der Waals surface area contributed by atoms with Gasteiger partial charge >= 0.3 is 0 Å². The first-order valence-corrected chi connectivity index (χ1v) is 5.03. The third-order valence-corrected chi connectivity index (χ3v) is 2.96. The molecule has 1 aromatic carbocycles. The third kappa shape index (κ3) is 1.61. The van der Waals surface area contributed by atoms with E-state index in [1.165, 1.54) is 19.3 Å². The molecule has 13 heavy (non-hydrogen) atoms. The molecule has 1 aromatic rings. The number of benzene rings is 1. The van der Waals surface area contributed by atoms with Gasteiger partial charge in [-0.3, -0.25) is 0 Å². The van der Waals surface area contributed by atoms with E-state index in [1.54, 1.807) is 11.1 Å². The third-order valence-electron chi connectivity index (χ3n) is 2.96. The Kier molecular flexibility index (Phi) is 2.36. The van der Waals surface area contributed by atoms with Crippen LogP contribution >= 0.6 is 0 Å². The molecule has 70 valence electrons. The first-order chi connectivity index (χ1) is 6.29. The molecule has 0 fully saturated rings. The molecule has 0 saturated heterocycles. The molecule has 1 nitrogen and oxygen atoms in total. The monoisotopic (exact) mass is 175 g/mol. The van der Waals surface area contributed by atoms with Crippen molar-refractivity contribution in [3.8, 4) is 0 Å². The second-order valence-corrected chi connectivity index (χ2v) is 4.07. The molecule has 0 aromatic heterocycles. The Morgan fingerprint density at radius 1 is 1.23 bits per heavy atom. The van der Waals surface area contributed by atoms with E-state index >= 15 is 0 Å². The lowest BCUT2D eigenvalue weighted by atomic mass is 9.87. The molecule has 0 spiro atoms. The average Bonchev–Trinajstić information content (AvgIpc) is 2.17. The second-order valence-electron chi connectivity index (χ2n) is 4.07. The standard InChI is InChI=1S/C12H17N/c1-13(2)12-9-5-7-10-6-3-4-8-11(10)12/h3-4,6,8,12H,5,7,9H2,1-2H3. The molecular formula is C12H17N. The summed E-state index contributed by atoms with van der Waals surface area (Å²) in [6.07, 6.45) is 3.91. The minimum absolute atomic E-state index is 0.643. The van der Waals surface area contributed by atoms with Crippen molar-refractivity contribution >= 4 is 0 Å². The Balaban J connectivity index is 2.37. The Bertz CT molecular complexity index is 291. The highest BCUT2D eigenvalue weighted by Crippen LogP contribution is 2.32. The number of fused-ring (bicyclic) bond motifs is 1. The first kappa shape index (κ1) is 8.76. The quantitative estimate of drug-likeness (QED) is 0.634. The summed E-state index contributed by atoms with van der Waals surface area (Å²) in [5.74, 6) is 0. The van der Waals surface area contributed by atoms with Gasteiger partial charge in [-0.2, -0.15) is 0 Å². The maximum absolute atomic E-state index is 2.33. The molecule has 1 unspecified atom stereocenters. The van der Waals surface area contributed by atoms with Gasteiger partial charge < -0.3 is 4.90 Å². The van der Waals surface area contributed by atoms with E-state index in [0.29, 0.717) is 6.04 Å². The number of hydrogen-bond acceptors (Lipinski definition) is 1. The molecule has 2 rings (SSSR count). The van der Waals surface area contributed by atoms with Crippen molar-refractivity contribution in [2.24, 2.45) is 0 Å². The number of rotatable bonds is 1. The van der Waals surface area contributed by atoms with Crippen LogP contribution in [0, 0.1) is 0 Å². The summed E-state index contributed by atoms with van der Waals surface area (Å²) in [5, 5.41) is 0. The van der Waals surface area contributed by atoms with Crippen molar-refractivity contribution < 1.29 is 0 Å². The SMILES string of the molecule is CN(C)C1CCCc2ccccc21. The zero-order valence-electron chi connectivity index (χ0n) is 8.46.